The summed E-state index contributed by atoms with van der Waals surface area (Å²) in [4.78, 5) is 27.0. The molecule has 0 amide bonds. The van der Waals surface area contributed by atoms with Crippen LogP contribution in [-0.2, 0) is 14.1 Å². The zero-order chi connectivity index (χ0) is 26.0. The molecule has 0 unspecified atom stereocenters. The average Bonchev–Trinajstić information content (AvgIpc) is 3.27. The van der Waals surface area contributed by atoms with Crippen LogP contribution < -0.4 is 20.7 Å². The van der Waals surface area contributed by atoms with Crippen LogP contribution >= 0.6 is 0 Å². The van der Waals surface area contributed by atoms with Crippen LogP contribution in [0.2, 0.25) is 0 Å². The molecular formula is C30H27N3O4. The molecule has 1 aliphatic heterocycles. The largest absolute Gasteiger partial charge is 0.497 e. The molecule has 7 heteroatoms. The van der Waals surface area contributed by atoms with Crippen molar-refractivity contribution in [2.75, 3.05) is 7.11 Å². The van der Waals surface area contributed by atoms with Gasteiger partial charge in [0.1, 0.15) is 11.5 Å². The summed E-state index contributed by atoms with van der Waals surface area (Å²) in [5, 5.41) is 0.481. The Labute approximate surface area is 213 Å². The van der Waals surface area contributed by atoms with E-state index in [0.717, 1.165) is 39.3 Å². The number of aromatic nitrogens is 3. The molecule has 37 heavy (non-hydrogen) atoms. The number of hydrogen-bond acceptors (Lipinski definition) is 4. The van der Waals surface area contributed by atoms with E-state index >= 15 is 0 Å². The van der Waals surface area contributed by atoms with Gasteiger partial charge in [-0.3, -0.25) is 13.9 Å². The first-order valence-electron chi connectivity index (χ1n) is 12.1. The van der Waals surface area contributed by atoms with Crippen LogP contribution in [-0.4, -0.2) is 20.8 Å². The monoisotopic (exact) mass is 493 g/mol. The molecule has 0 saturated carbocycles. The van der Waals surface area contributed by atoms with Crippen molar-refractivity contribution in [3.63, 3.8) is 0 Å². The summed E-state index contributed by atoms with van der Waals surface area (Å²) in [5.74, 6) is 1.39. The highest BCUT2D eigenvalue weighted by atomic mass is 16.5. The SMILES string of the molecule is COc1cccc([C@H]2Oc3ccc(C)cc3-n3c(-c4ccc(C)cc4)c4c(=O)n(C)c(=O)n(C)c4c32)c1. The van der Waals surface area contributed by atoms with E-state index in [4.69, 9.17) is 9.47 Å². The van der Waals surface area contributed by atoms with Crippen LogP contribution in [0.1, 0.15) is 28.5 Å². The Bertz CT molecular complexity index is 1820. The van der Waals surface area contributed by atoms with E-state index in [1.54, 1.807) is 18.7 Å². The molecule has 0 bridgehead atoms. The van der Waals surface area contributed by atoms with Crippen molar-refractivity contribution in [2.45, 2.75) is 20.0 Å². The third-order valence-electron chi connectivity index (χ3n) is 7.18. The van der Waals surface area contributed by atoms with E-state index in [2.05, 4.69) is 10.6 Å². The maximum absolute atomic E-state index is 13.8. The van der Waals surface area contributed by atoms with Gasteiger partial charge in [0.05, 0.1) is 35.1 Å². The van der Waals surface area contributed by atoms with Crippen molar-refractivity contribution in [3.05, 3.63) is 110 Å². The topological polar surface area (TPSA) is 67.4 Å². The highest BCUT2D eigenvalue weighted by molar-refractivity contribution is 5.98. The molecule has 2 aromatic heterocycles. The molecule has 7 nitrogen and oxygen atoms in total. The molecule has 5 aromatic rings. The summed E-state index contributed by atoms with van der Waals surface area (Å²) in [5.41, 5.74) is 6.05. The van der Waals surface area contributed by atoms with Crippen LogP contribution in [0.5, 0.6) is 11.5 Å². The smallest absolute Gasteiger partial charge is 0.331 e. The van der Waals surface area contributed by atoms with Crippen molar-refractivity contribution in [1.82, 2.24) is 13.7 Å². The van der Waals surface area contributed by atoms with Crippen molar-refractivity contribution in [1.29, 1.82) is 0 Å². The second-order valence-electron chi connectivity index (χ2n) is 9.61. The Morgan fingerprint density at radius 1 is 0.865 bits per heavy atom. The molecule has 0 spiro atoms. The lowest BCUT2D eigenvalue weighted by Crippen LogP contribution is -2.37. The fourth-order valence-electron chi connectivity index (χ4n) is 5.29. The lowest BCUT2D eigenvalue weighted by Gasteiger charge is -2.30. The quantitative estimate of drug-likeness (QED) is 0.362. The van der Waals surface area contributed by atoms with Gasteiger partial charge in [0.2, 0.25) is 0 Å². The summed E-state index contributed by atoms with van der Waals surface area (Å²) in [6.45, 7) is 4.06. The average molecular weight is 494 g/mol. The maximum Gasteiger partial charge on any atom is 0.331 e. The molecule has 0 N–H and O–H groups in total. The van der Waals surface area contributed by atoms with Gasteiger partial charge in [-0.15, -0.1) is 0 Å². The van der Waals surface area contributed by atoms with Gasteiger partial charge in [-0.05, 0) is 49.2 Å². The number of ether oxygens (including phenoxy) is 2. The van der Waals surface area contributed by atoms with Crippen molar-refractivity contribution < 1.29 is 9.47 Å². The summed E-state index contributed by atoms with van der Waals surface area (Å²) in [6, 6.07) is 21.8. The Morgan fingerprint density at radius 3 is 2.32 bits per heavy atom. The molecule has 186 valence electrons. The van der Waals surface area contributed by atoms with Crippen LogP contribution in [0.25, 0.3) is 27.8 Å². The molecule has 6 rings (SSSR count). The van der Waals surface area contributed by atoms with Gasteiger partial charge >= 0.3 is 5.69 Å². The van der Waals surface area contributed by atoms with Crippen LogP contribution in [0.4, 0.5) is 0 Å². The molecule has 0 saturated heterocycles. The normalized spacial score (nSPS) is 14.2. The number of nitrogens with zero attached hydrogens (tertiary/aromatic N) is 3. The number of aryl methyl sites for hydroxylation is 3. The fraction of sp³-hybridized carbons (Fsp3) is 0.200. The van der Waals surface area contributed by atoms with Crippen molar-refractivity contribution in [3.8, 4) is 28.4 Å². The lowest BCUT2D eigenvalue weighted by atomic mass is 10.0. The maximum atomic E-state index is 13.8. The predicted octanol–water partition coefficient (Wildman–Crippen LogP) is 4.80. The number of fused-ring (bicyclic) bond motifs is 5. The predicted molar refractivity (Wildman–Crippen MR) is 144 cm³/mol. The van der Waals surface area contributed by atoms with E-state index in [-0.39, 0.29) is 11.2 Å². The Balaban J connectivity index is 1.85. The molecular weight excluding hydrogens is 466 g/mol. The Hall–Kier alpha value is -4.52. The van der Waals surface area contributed by atoms with Gasteiger partial charge in [0, 0.05) is 19.7 Å². The summed E-state index contributed by atoms with van der Waals surface area (Å²) in [7, 11) is 4.85. The highest BCUT2D eigenvalue weighted by Crippen LogP contribution is 2.47. The molecule has 3 heterocycles. The number of hydrogen-bond donors (Lipinski definition) is 0. The highest BCUT2D eigenvalue weighted by Gasteiger charge is 2.36. The molecule has 1 aliphatic rings. The molecule has 3 aromatic carbocycles. The van der Waals surface area contributed by atoms with Gasteiger partial charge in [0.25, 0.3) is 5.56 Å². The number of rotatable bonds is 3. The zero-order valence-electron chi connectivity index (χ0n) is 21.4. The third kappa shape index (κ3) is 3.34. The van der Waals surface area contributed by atoms with Gasteiger partial charge < -0.3 is 14.0 Å². The van der Waals surface area contributed by atoms with Crippen molar-refractivity contribution in [2.24, 2.45) is 14.1 Å². The minimum atomic E-state index is -0.579. The number of methoxy groups -OCH3 is 1. The van der Waals surface area contributed by atoms with Gasteiger partial charge in [0.15, 0.2) is 6.10 Å². The summed E-state index contributed by atoms with van der Waals surface area (Å²) in [6.07, 6.45) is -0.579. The summed E-state index contributed by atoms with van der Waals surface area (Å²) >= 11 is 0. The number of benzene rings is 3. The first-order valence-corrected chi connectivity index (χ1v) is 12.1. The van der Waals surface area contributed by atoms with E-state index < -0.39 is 6.10 Å². The molecule has 0 radical (unpaired) electrons. The van der Waals surface area contributed by atoms with E-state index in [1.807, 2.05) is 74.5 Å². The first-order chi connectivity index (χ1) is 17.8. The first kappa shape index (κ1) is 22.9. The minimum Gasteiger partial charge on any atom is -0.497 e. The second-order valence-corrected chi connectivity index (χ2v) is 9.61. The van der Waals surface area contributed by atoms with E-state index in [0.29, 0.717) is 22.4 Å². The lowest BCUT2D eigenvalue weighted by molar-refractivity contribution is 0.228. The van der Waals surface area contributed by atoms with Gasteiger partial charge in [-0.1, -0.05) is 48.0 Å². The van der Waals surface area contributed by atoms with E-state index in [9.17, 15) is 9.59 Å². The van der Waals surface area contributed by atoms with Crippen molar-refractivity contribution >= 4 is 10.9 Å². The zero-order valence-corrected chi connectivity index (χ0v) is 21.4. The second kappa shape index (κ2) is 8.27. The van der Waals surface area contributed by atoms with Crippen LogP contribution in [0, 0.1) is 13.8 Å². The van der Waals surface area contributed by atoms with Gasteiger partial charge in [-0.25, -0.2) is 4.79 Å². The van der Waals surface area contributed by atoms with Crippen LogP contribution in [0.3, 0.4) is 0 Å². The molecule has 0 aliphatic carbocycles. The Morgan fingerprint density at radius 2 is 1.59 bits per heavy atom. The standard InChI is InChI=1S/C30H27N3O4/c1-17-9-12-19(13-10-17)25-24-26(31(3)30(35)32(4)29(24)34)27-28(20-7-6-8-21(16-20)36-5)37-23-14-11-18(2)15-22(23)33(25)27/h6-16,28H,1-5H3/t28-/m1/s1. The van der Waals surface area contributed by atoms with E-state index in [1.165, 1.54) is 11.6 Å². The van der Waals surface area contributed by atoms with Gasteiger partial charge in [-0.2, -0.15) is 0 Å². The van der Waals surface area contributed by atoms with Crippen LogP contribution in [0.15, 0.2) is 76.3 Å². The summed E-state index contributed by atoms with van der Waals surface area (Å²) < 4.78 is 17.0. The minimum absolute atomic E-state index is 0.339. The Kier molecular flexibility index (Phi) is 5.12. The molecule has 1 atom stereocenters. The molecule has 0 fully saturated rings. The fourth-order valence-corrected chi connectivity index (χ4v) is 5.29. The third-order valence-corrected chi connectivity index (χ3v) is 7.18.